The second-order valence-corrected chi connectivity index (χ2v) is 16.8. The van der Waals surface area contributed by atoms with E-state index in [4.69, 9.17) is 14.2 Å². The summed E-state index contributed by atoms with van der Waals surface area (Å²) in [4.78, 5) is 14.8. The van der Waals surface area contributed by atoms with Crippen molar-refractivity contribution in [2.45, 2.75) is 142 Å². The van der Waals surface area contributed by atoms with Crippen molar-refractivity contribution in [3.8, 4) is 0 Å². The molecule has 2 heterocycles. The van der Waals surface area contributed by atoms with Gasteiger partial charge in [-0.1, -0.05) is 27.7 Å². The number of amides is 1. The van der Waals surface area contributed by atoms with E-state index in [9.17, 15) is 9.90 Å². The molecule has 6 nitrogen and oxygen atoms in total. The number of nitrogens with zero attached hydrogens (tertiary/aromatic N) is 1. The number of carbonyl (C=O) groups excluding carboxylic acids is 1. The fourth-order valence-electron chi connectivity index (χ4n) is 12.7. The van der Waals surface area contributed by atoms with Crippen molar-refractivity contribution in [1.82, 2.24) is 4.90 Å². The lowest BCUT2D eigenvalue weighted by atomic mass is 9.46. The third kappa shape index (κ3) is 3.91. The number of aliphatic hydroxyl groups is 1. The molecular weight excluding hydrogens is 514 g/mol. The molecule has 6 heteroatoms. The summed E-state index contributed by atoms with van der Waals surface area (Å²) in [5.74, 6) is 3.14. The number of hydrogen-bond acceptors (Lipinski definition) is 5. The minimum atomic E-state index is -0.297. The number of ether oxygens (including phenoxy) is 3. The second-order valence-electron chi connectivity index (χ2n) is 16.8. The largest absolute Gasteiger partial charge is 0.390 e. The van der Waals surface area contributed by atoms with E-state index in [1.54, 1.807) is 0 Å². The van der Waals surface area contributed by atoms with Crippen molar-refractivity contribution in [2.24, 2.45) is 51.2 Å². The molecule has 2 aliphatic heterocycles. The highest BCUT2D eigenvalue weighted by molar-refractivity contribution is 5.76. The first-order valence-corrected chi connectivity index (χ1v) is 17.5. The highest BCUT2D eigenvalue weighted by Gasteiger charge is 2.81. The maximum atomic E-state index is 12.8. The monoisotopic (exact) mass is 569 g/mol. The van der Waals surface area contributed by atoms with Crippen LogP contribution in [0.1, 0.15) is 111 Å². The Bertz CT molecular complexity index is 1060. The average molecular weight is 570 g/mol. The molecule has 12 atom stereocenters. The van der Waals surface area contributed by atoms with Crippen LogP contribution in [0.2, 0.25) is 0 Å². The van der Waals surface area contributed by atoms with Gasteiger partial charge < -0.3 is 24.2 Å². The zero-order valence-electron chi connectivity index (χ0n) is 26.1. The second kappa shape index (κ2) is 9.41. The predicted molar refractivity (Wildman–Crippen MR) is 156 cm³/mol. The first-order chi connectivity index (χ1) is 19.6. The van der Waals surface area contributed by atoms with Crippen molar-refractivity contribution >= 4 is 5.91 Å². The highest BCUT2D eigenvalue weighted by atomic mass is 16.7. The van der Waals surface area contributed by atoms with Crippen LogP contribution >= 0.6 is 0 Å². The molecule has 0 aromatic rings. The van der Waals surface area contributed by atoms with Gasteiger partial charge >= 0.3 is 0 Å². The van der Waals surface area contributed by atoms with Crippen LogP contribution in [0.5, 0.6) is 0 Å². The first kappa shape index (κ1) is 27.8. The van der Waals surface area contributed by atoms with Crippen LogP contribution in [-0.4, -0.2) is 66.3 Å². The van der Waals surface area contributed by atoms with Gasteiger partial charge in [-0.25, -0.2) is 0 Å². The van der Waals surface area contributed by atoms with Crippen molar-refractivity contribution in [3.05, 3.63) is 0 Å². The maximum Gasteiger partial charge on any atom is 0.223 e. The summed E-state index contributed by atoms with van der Waals surface area (Å²) >= 11 is 0. The zero-order valence-corrected chi connectivity index (χ0v) is 26.1. The minimum Gasteiger partial charge on any atom is -0.390 e. The molecule has 230 valence electrons. The molecular formula is C35H55NO5. The molecule has 41 heavy (non-hydrogen) atoms. The number of morpholine rings is 1. The van der Waals surface area contributed by atoms with Gasteiger partial charge in [0.2, 0.25) is 5.91 Å². The summed E-state index contributed by atoms with van der Waals surface area (Å²) in [6, 6.07) is 0. The topological polar surface area (TPSA) is 68.2 Å². The summed E-state index contributed by atoms with van der Waals surface area (Å²) in [5, 5.41) is 11.9. The summed E-state index contributed by atoms with van der Waals surface area (Å²) in [5.41, 5.74) is 1.14. The Morgan fingerprint density at radius 2 is 1.78 bits per heavy atom. The standard InChI is InChI=1S/C35H55NO5/c1-5-22-8-9-24-31(40-22)30(38)29-23-10-11-25-32(2,3)26(12-13-35(25)20-34(23,35)15-14-33(24,29)4)41-28-19-36(16-17-39-28)27(37)18-21-6-7-21/h21-26,28-31,38H,5-20H2,1-4H3/t22?,23?,24-,25?,26?,28?,29?,30?,31?,33?,34?,35?/m0/s1. The normalized spacial score (nSPS) is 53.4. The fraction of sp³-hybridized carbons (Fsp3) is 0.971. The third-order valence-corrected chi connectivity index (χ3v) is 14.9. The van der Waals surface area contributed by atoms with Crippen molar-refractivity contribution < 1.29 is 24.1 Å². The Morgan fingerprint density at radius 1 is 0.976 bits per heavy atom. The van der Waals surface area contributed by atoms with Gasteiger partial charge in [0.25, 0.3) is 0 Å². The molecule has 0 aromatic heterocycles. The molecule has 2 saturated heterocycles. The molecule has 1 N–H and O–H groups in total. The van der Waals surface area contributed by atoms with E-state index in [1.807, 2.05) is 4.90 Å². The van der Waals surface area contributed by atoms with Crippen LogP contribution in [0.25, 0.3) is 0 Å². The SMILES string of the molecule is CCC1CC[C@H]2C(O1)C(O)C1C3CCC4C(C)(C)C(OC5CN(C(=O)CC6CC6)CCO5)CCC45CC35CCC12C. The number of carbonyl (C=O) groups is 1. The van der Waals surface area contributed by atoms with E-state index in [-0.39, 0.29) is 35.4 Å². The van der Waals surface area contributed by atoms with Gasteiger partial charge in [-0.2, -0.15) is 0 Å². The molecule has 6 saturated carbocycles. The summed E-state index contributed by atoms with van der Waals surface area (Å²) in [6.07, 6.45) is 15.4. The van der Waals surface area contributed by atoms with Crippen LogP contribution in [0.4, 0.5) is 0 Å². The molecule has 0 radical (unpaired) electrons. The number of rotatable bonds is 5. The predicted octanol–water partition coefficient (Wildman–Crippen LogP) is 5.94. The van der Waals surface area contributed by atoms with Crippen molar-refractivity contribution in [1.29, 1.82) is 0 Å². The van der Waals surface area contributed by atoms with Gasteiger partial charge in [-0.15, -0.1) is 0 Å². The average Bonchev–Trinajstić information content (AvgIpc) is 3.88. The summed E-state index contributed by atoms with van der Waals surface area (Å²) in [6.45, 7) is 11.6. The van der Waals surface area contributed by atoms with Crippen LogP contribution in [0.3, 0.4) is 0 Å². The van der Waals surface area contributed by atoms with Gasteiger partial charge in [0.05, 0.1) is 37.6 Å². The van der Waals surface area contributed by atoms with E-state index in [0.29, 0.717) is 78.5 Å². The molecule has 6 aliphatic carbocycles. The van der Waals surface area contributed by atoms with Gasteiger partial charge in [0.1, 0.15) is 0 Å². The Morgan fingerprint density at radius 3 is 2.56 bits per heavy atom. The van der Waals surface area contributed by atoms with E-state index in [1.165, 1.54) is 64.2 Å². The summed E-state index contributed by atoms with van der Waals surface area (Å²) in [7, 11) is 0. The molecule has 0 aromatic carbocycles. The lowest BCUT2D eigenvalue weighted by Gasteiger charge is -2.60. The van der Waals surface area contributed by atoms with Gasteiger partial charge in [0, 0.05) is 13.0 Å². The molecule has 2 spiro atoms. The first-order valence-electron chi connectivity index (χ1n) is 17.5. The van der Waals surface area contributed by atoms with Crippen LogP contribution in [-0.2, 0) is 19.0 Å². The lowest BCUT2D eigenvalue weighted by Crippen LogP contribution is -2.57. The summed E-state index contributed by atoms with van der Waals surface area (Å²) < 4.78 is 19.5. The Kier molecular flexibility index (Phi) is 6.39. The van der Waals surface area contributed by atoms with Gasteiger partial charge in [-0.05, 0) is 128 Å². The van der Waals surface area contributed by atoms with Crippen LogP contribution in [0, 0.1) is 51.2 Å². The maximum absolute atomic E-state index is 12.8. The lowest BCUT2D eigenvalue weighted by molar-refractivity contribution is -0.245. The zero-order chi connectivity index (χ0) is 28.4. The Balaban J connectivity index is 0.982. The van der Waals surface area contributed by atoms with Crippen LogP contribution in [0.15, 0.2) is 0 Å². The van der Waals surface area contributed by atoms with Gasteiger partial charge in [-0.3, -0.25) is 4.79 Å². The van der Waals surface area contributed by atoms with Crippen molar-refractivity contribution in [2.75, 3.05) is 19.7 Å². The molecule has 11 unspecified atom stereocenters. The molecule has 8 aliphatic rings. The quantitative estimate of drug-likeness (QED) is 0.444. The molecule has 0 bridgehead atoms. The fourth-order valence-corrected chi connectivity index (χ4v) is 12.7. The third-order valence-electron chi connectivity index (χ3n) is 14.9. The molecule has 8 rings (SSSR count). The number of fused-ring (bicyclic) bond motifs is 4. The molecule has 8 fully saturated rings. The van der Waals surface area contributed by atoms with Gasteiger partial charge in [0.15, 0.2) is 6.29 Å². The van der Waals surface area contributed by atoms with E-state index in [0.717, 1.165) is 12.8 Å². The Hall–Kier alpha value is -0.690. The van der Waals surface area contributed by atoms with E-state index < -0.39 is 0 Å². The smallest absolute Gasteiger partial charge is 0.223 e. The van der Waals surface area contributed by atoms with E-state index >= 15 is 0 Å². The van der Waals surface area contributed by atoms with E-state index in [2.05, 4.69) is 27.7 Å². The van der Waals surface area contributed by atoms with Crippen molar-refractivity contribution in [3.63, 3.8) is 0 Å². The van der Waals surface area contributed by atoms with Crippen LogP contribution < -0.4 is 0 Å². The molecule has 1 amide bonds. The Labute approximate surface area is 247 Å². The minimum absolute atomic E-state index is 0.0538. The highest BCUT2D eigenvalue weighted by Crippen LogP contribution is 2.87. The number of aliphatic hydroxyl groups excluding tert-OH is 1. The number of hydrogen-bond donors (Lipinski definition) is 1.